The van der Waals surface area contributed by atoms with Crippen LogP contribution in [0.4, 0.5) is 0 Å². The number of aromatic nitrogens is 4. The molecule has 3 N–H and O–H groups in total. The van der Waals surface area contributed by atoms with Crippen LogP contribution in [0, 0.1) is 0 Å². The SMILES string of the molecule is O=C(On1c(=O)[nH]c2nc[nH]c2c1=O)c1ccccc1O. The van der Waals surface area contributed by atoms with Gasteiger partial charge < -0.3 is 14.9 Å². The summed E-state index contributed by atoms with van der Waals surface area (Å²) in [7, 11) is 0. The Hall–Kier alpha value is -3.36. The molecule has 21 heavy (non-hydrogen) atoms. The van der Waals surface area contributed by atoms with Crippen molar-refractivity contribution in [2.75, 3.05) is 0 Å². The van der Waals surface area contributed by atoms with E-state index in [2.05, 4.69) is 15.0 Å². The Balaban J connectivity index is 2.06. The Morgan fingerprint density at radius 3 is 2.81 bits per heavy atom. The number of rotatable bonds is 2. The molecule has 1 aromatic carbocycles. The fourth-order valence-electron chi connectivity index (χ4n) is 1.76. The van der Waals surface area contributed by atoms with Gasteiger partial charge in [-0.25, -0.2) is 14.6 Å². The molecular formula is C12H8N4O5. The molecule has 0 radical (unpaired) electrons. The van der Waals surface area contributed by atoms with Gasteiger partial charge in [-0.15, -0.1) is 0 Å². The number of fused-ring (bicyclic) bond motifs is 1. The van der Waals surface area contributed by atoms with Crippen molar-refractivity contribution in [3.8, 4) is 5.75 Å². The molecule has 0 saturated carbocycles. The summed E-state index contributed by atoms with van der Waals surface area (Å²) in [5.41, 5.74) is -1.95. The van der Waals surface area contributed by atoms with Gasteiger partial charge in [0.15, 0.2) is 11.2 Å². The standard InChI is InChI=1S/C12H8N4O5/c17-7-4-2-1-3-6(7)11(19)21-16-10(18)8-9(14-5-13-8)15-12(16)20/h1-5,17H,(H,13,14)(H,15,20). The number of aromatic hydroxyl groups is 1. The molecule has 0 bridgehead atoms. The van der Waals surface area contributed by atoms with Gasteiger partial charge in [0.05, 0.1) is 6.33 Å². The van der Waals surface area contributed by atoms with E-state index in [0.717, 1.165) is 0 Å². The molecule has 9 nitrogen and oxygen atoms in total. The summed E-state index contributed by atoms with van der Waals surface area (Å²) < 4.78 is 0.259. The van der Waals surface area contributed by atoms with Gasteiger partial charge in [0.1, 0.15) is 11.3 Å². The number of phenols is 1. The van der Waals surface area contributed by atoms with E-state index in [1.165, 1.54) is 30.6 Å². The molecule has 0 spiro atoms. The molecule has 0 unspecified atom stereocenters. The van der Waals surface area contributed by atoms with Crippen LogP contribution >= 0.6 is 0 Å². The summed E-state index contributed by atoms with van der Waals surface area (Å²) in [6.07, 6.45) is 1.22. The third-order valence-corrected chi connectivity index (χ3v) is 2.75. The third kappa shape index (κ3) is 2.06. The number of para-hydroxylation sites is 1. The lowest BCUT2D eigenvalue weighted by Gasteiger charge is -2.05. The van der Waals surface area contributed by atoms with Gasteiger partial charge in [-0.2, -0.15) is 0 Å². The summed E-state index contributed by atoms with van der Waals surface area (Å²) in [5, 5.41) is 9.55. The molecular weight excluding hydrogens is 280 g/mol. The van der Waals surface area contributed by atoms with E-state index in [-0.39, 0.29) is 27.2 Å². The minimum absolute atomic E-state index is 0.0142. The molecule has 106 valence electrons. The Bertz CT molecular complexity index is 952. The first-order valence-corrected chi connectivity index (χ1v) is 5.77. The van der Waals surface area contributed by atoms with Crippen LogP contribution in [0.2, 0.25) is 0 Å². The van der Waals surface area contributed by atoms with Gasteiger partial charge in [-0.3, -0.25) is 9.78 Å². The number of hydrogen-bond acceptors (Lipinski definition) is 6. The first kappa shape index (κ1) is 12.7. The maximum atomic E-state index is 12.0. The number of nitrogens with one attached hydrogen (secondary N) is 2. The molecule has 0 fully saturated rings. The second-order valence-corrected chi connectivity index (χ2v) is 4.05. The number of carbonyl (C=O) groups is 1. The van der Waals surface area contributed by atoms with Crippen LogP contribution in [0.3, 0.4) is 0 Å². The van der Waals surface area contributed by atoms with Crippen molar-refractivity contribution in [3.05, 3.63) is 57.0 Å². The molecule has 0 amide bonds. The fraction of sp³-hybridized carbons (Fsp3) is 0. The molecule has 3 aromatic rings. The number of carbonyl (C=O) groups excluding carboxylic acids is 1. The molecule has 0 aliphatic carbocycles. The summed E-state index contributed by atoms with van der Waals surface area (Å²) in [6, 6.07) is 5.59. The molecule has 0 aliphatic heterocycles. The molecule has 2 heterocycles. The van der Waals surface area contributed by atoms with Crippen LogP contribution < -0.4 is 16.1 Å². The predicted molar refractivity (Wildman–Crippen MR) is 70.0 cm³/mol. The quantitative estimate of drug-likeness (QED) is 0.576. The zero-order chi connectivity index (χ0) is 15.0. The number of nitrogens with zero attached hydrogens (tertiary/aromatic N) is 2. The van der Waals surface area contributed by atoms with E-state index in [1.807, 2.05) is 0 Å². The van der Waals surface area contributed by atoms with E-state index in [4.69, 9.17) is 4.84 Å². The van der Waals surface area contributed by atoms with Crippen molar-refractivity contribution < 1.29 is 14.7 Å². The predicted octanol–water partition coefficient (Wildman–Crippen LogP) is -0.613. The van der Waals surface area contributed by atoms with Crippen LogP contribution in [0.5, 0.6) is 5.75 Å². The van der Waals surface area contributed by atoms with Crippen molar-refractivity contribution in [3.63, 3.8) is 0 Å². The van der Waals surface area contributed by atoms with Crippen LogP contribution in [0.25, 0.3) is 11.2 Å². The van der Waals surface area contributed by atoms with E-state index >= 15 is 0 Å². The maximum Gasteiger partial charge on any atom is 0.367 e. The van der Waals surface area contributed by atoms with E-state index in [9.17, 15) is 19.5 Å². The van der Waals surface area contributed by atoms with Gasteiger partial charge >= 0.3 is 17.2 Å². The highest BCUT2D eigenvalue weighted by molar-refractivity contribution is 5.92. The minimum Gasteiger partial charge on any atom is -0.507 e. The molecule has 0 saturated heterocycles. The van der Waals surface area contributed by atoms with Crippen molar-refractivity contribution in [2.45, 2.75) is 0 Å². The van der Waals surface area contributed by atoms with E-state index in [0.29, 0.717) is 0 Å². The number of imidazole rings is 1. The lowest BCUT2D eigenvalue weighted by molar-refractivity contribution is 0.0418. The summed E-state index contributed by atoms with van der Waals surface area (Å²) in [6.45, 7) is 0. The Kier molecular flexibility index (Phi) is 2.79. The number of H-pyrrole nitrogens is 2. The number of benzene rings is 1. The average molecular weight is 288 g/mol. The second kappa shape index (κ2) is 4.63. The summed E-state index contributed by atoms with van der Waals surface area (Å²) >= 11 is 0. The third-order valence-electron chi connectivity index (χ3n) is 2.75. The van der Waals surface area contributed by atoms with Crippen molar-refractivity contribution >= 4 is 17.1 Å². The van der Waals surface area contributed by atoms with E-state index < -0.39 is 17.2 Å². The van der Waals surface area contributed by atoms with Gasteiger partial charge in [0, 0.05) is 0 Å². The Morgan fingerprint density at radius 1 is 1.29 bits per heavy atom. The Labute approximate surface area is 115 Å². The zero-order valence-corrected chi connectivity index (χ0v) is 10.4. The van der Waals surface area contributed by atoms with Crippen molar-refractivity contribution in [2.24, 2.45) is 0 Å². The first-order chi connectivity index (χ1) is 10.1. The van der Waals surface area contributed by atoms with Gasteiger partial charge in [-0.05, 0) is 12.1 Å². The molecule has 9 heteroatoms. The summed E-state index contributed by atoms with van der Waals surface area (Å²) in [4.78, 5) is 48.9. The lowest BCUT2D eigenvalue weighted by Crippen LogP contribution is -2.42. The molecule has 0 atom stereocenters. The minimum atomic E-state index is -1.04. The summed E-state index contributed by atoms with van der Waals surface area (Å²) in [5.74, 6) is -1.37. The average Bonchev–Trinajstić information content (AvgIpc) is 2.92. The highest BCUT2D eigenvalue weighted by Gasteiger charge is 2.17. The van der Waals surface area contributed by atoms with Gasteiger partial charge in [-0.1, -0.05) is 16.9 Å². The highest BCUT2D eigenvalue weighted by atomic mass is 16.7. The topological polar surface area (TPSA) is 130 Å². The number of phenolic OH excluding ortho intramolecular Hbond substituents is 1. The van der Waals surface area contributed by atoms with Gasteiger partial charge in [0.25, 0.3) is 0 Å². The lowest BCUT2D eigenvalue weighted by atomic mass is 10.2. The zero-order valence-electron chi connectivity index (χ0n) is 10.4. The second-order valence-electron chi connectivity index (χ2n) is 4.05. The Morgan fingerprint density at radius 2 is 2.05 bits per heavy atom. The molecule has 3 rings (SSSR count). The maximum absolute atomic E-state index is 12.0. The van der Waals surface area contributed by atoms with Crippen LogP contribution in [-0.4, -0.2) is 30.8 Å². The monoisotopic (exact) mass is 288 g/mol. The number of hydrogen-bond donors (Lipinski definition) is 3. The van der Waals surface area contributed by atoms with Crippen LogP contribution in [0.15, 0.2) is 40.2 Å². The smallest absolute Gasteiger partial charge is 0.367 e. The van der Waals surface area contributed by atoms with Crippen LogP contribution in [0.1, 0.15) is 10.4 Å². The van der Waals surface area contributed by atoms with Crippen molar-refractivity contribution in [1.82, 2.24) is 19.7 Å². The number of aromatic amines is 2. The molecule has 2 aromatic heterocycles. The van der Waals surface area contributed by atoms with Crippen molar-refractivity contribution in [1.29, 1.82) is 0 Å². The largest absolute Gasteiger partial charge is 0.507 e. The molecule has 0 aliphatic rings. The first-order valence-electron chi connectivity index (χ1n) is 5.77. The highest BCUT2D eigenvalue weighted by Crippen LogP contribution is 2.15. The fourth-order valence-corrected chi connectivity index (χ4v) is 1.76. The van der Waals surface area contributed by atoms with Gasteiger partial charge in [0.2, 0.25) is 0 Å². The van der Waals surface area contributed by atoms with Crippen LogP contribution in [-0.2, 0) is 0 Å². The van der Waals surface area contributed by atoms with E-state index in [1.54, 1.807) is 0 Å². The normalized spacial score (nSPS) is 10.7.